The van der Waals surface area contributed by atoms with Crippen molar-refractivity contribution in [3.05, 3.63) is 52.0 Å². The van der Waals surface area contributed by atoms with Crippen molar-refractivity contribution in [2.24, 2.45) is 0 Å². The van der Waals surface area contributed by atoms with Crippen molar-refractivity contribution < 1.29 is 9.59 Å². The molecule has 0 saturated heterocycles. The molecule has 2 N–H and O–H groups in total. The Morgan fingerprint density at radius 1 is 1.29 bits per heavy atom. The molecular weight excluding hydrogens is 286 g/mol. The number of carbonyl (C=O) groups excluding carboxylic acids is 2. The summed E-state index contributed by atoms with van der Waals surface area (Å²) in [5.74, 6) is -0.329. The maximum atomic E-state index is 12.0. The molecule has 1 aromatic carbocycles. The SMILES string of the molecule is CC(=O)NC(C)c1nc(C(=O)NCc2ccccc2)cs1. The van der Waals surface area contributed by atoms with Crippen LogP contribution in [0.25, 0.3) is 0 Å². The van der Waals surface area contributed by atoms with Gasteiger partial charge in [0.2, 0.25) is 5.91 Å². The number of nitrogens with zero attached hydrogens (tertiary/aromatic N) is 1. The summed E-state index contributed by atoms with van der Waals surface area (Å²) in [4.78, 5) is 27.3. The van der Waals surface area contributed by atoms with Crippen LogP contribution in [0, 0.1) is 0 Å². The normalized spacial score (nSPS) is 11.7. The molecule has 21 heavy (non-hydrogen) atoms. The quantitative estimate of drug-likeness (QED) is 0.890. The molecule has 1 aromatic heterocycles. The summed E-state index contributed by atoms with van der Waals surface area (Å²) in [6, 6.07) is 9.50. The Morgan fingerprint density at radius 2 is 2.00 bits per heavy atom. The first kappa shape index (κ1) is 15.2. The lowest BCUT2D eigenvalue weighted by molar-refractivity contribution is -0.119. The van der Waals surface area contributed by atoms with Crippen LogP contribution in [0.3, 0.4) is 0 Å². The van der Waals surface area contributed by atoms with Gasteiger partial charge in [0.05, 0.1) is 6.04 Å². The Morgan fingerprint density at radius 3 is 2.67 bits per heavy atom. The number of hydrogen-bond donors (Lipinski definition) is 2. The van der Waals surface area contributed by atoms with Crippen molar-refractivity contribution in [1.82, 2.24) is 15.6 Å². The van der Waals surface area contributed by atoms with Gasteiger partial charge >= 0.3 is 0 Å². The highest BCUT2D eigenvalue weighted by atomic mass is 32.1. The lowest BCUT2D eigenvalue weighted by Crippen LogP contribution is -2.25. The molecule has 1 unspecified atom stereocenters. The number of nitrogens with one attached hydrogen (secondary N) is 2. The molecule has 1 heterocycles. The Labute approximate surface area is 127 Å². The number of rotatable bonds is 5. The third kappa shape index (κ3) is 4.39. The molecule has 2 aromatic rings. The lowest BCUT2D eigenvalue weighted by atomic mass is 10.2. The highest BCUT2D eigenvalue weighted by Gasteiger charge is 2.15. The van der Waals surface area contributed by atoms with Gasteiger partial charge in [0, 0.05) is 18.8 Å². The zero-order valence-electron chi connectivity index (χ0n) is 11.9. The van der Waals surface area contributed by atoms with E-state index in [1.54, 1.807) is 5.38 Å². The maximum Gasteiger partial charge on any atom is 0.271 e. The molecule has 0 spiro atoms. The van der Waals surface area contributed by atoms with E-state index in [9.17, 15) is 9.59 Å². The Bertz CT molecular complexity index is 625. The van der Waals surface area contributed by atoms with Crippen molar-refractivity contribution in [2.45, 2.75) is 26.4 Å². The molecule has 6 heteroatoms. The summed E-state index contributed by atoms with van der Waals surface area (Å²) in [6.07, 6.45) is 0. The minimum atomic E-state index is -0.212. The van der Waals surface area contributed by atoms with Gasteiger partial charge in [-0.1, -0.05) is 30.3 Å². The number of benzene rings is 1. The first-order valence-corrected chi connectivity index (χ1v) is 7.49. The molecular formula is C15H17N3O2S. The summed E-state index contributed by atoms with van der Waals surface area (Å²) in [6.45, 7) is 3.76. The molecule has 5 nitrogen and oxygen atoms in total. The van der Waals surface area contributed by atoms with Crippen molar-refractivity contribution in [3.8, 4) is 0 Å². The minimum Gasteiger partial charge on any atom is -0.347 e. The summed E-state index contributed by atoms with van der Waals surface area (Å²) in [5.41, 5.74) is 1.41. The van der Waals surface area contributed by atoms with Gasteiger partial charge in [-0.05, 0) is 12.5 Å². The van der Waals surface area contributed by atoms with E-state index in [2.05, 4.69) is 15.6 Å². The van der Waals surface area contributed by atoms with Crippen molar-refractivity contribution >= 4 is 23.2 Å². The molecule has 0 bridgehead atoms. The Balaban J connectivity index is 1.94. The van der Waals surface area contributed by atoms with E-state index in [1.165, 1.54) is 18.3 Å². The molecule has 0 aliphatic carbocycles. The van der Waals surface area contributed by atoms with Crippen LogP contribution >= 0.6 is 11.3 Å². The molecule has 0 fully saturated rings. The fraction of sp³-hybridized carbons (Fsp3) is 0.267. The first-order valence-electron chi connectivity index (χ1n) is 6.61. The van der Waals surface area contributed by atoms with Crippen LogP contribution in [0.5, 0.6) is 0 Å². The number of carbonyl (C=O) groups is 2. The van der Waals surface area contributed by atoms with Crippen molar-refractivity contribution in [2.75, 3.05) is 0 Å². The molecule has 110 valence electrons. The van der Waals surface area contributed by atoms with Gasteiger partial charge in [-0.2, -0.15) is 0 Å². The van der Waals surface area contributed by atoms with Crippen molar-refractivity contribution in [1.29, 1.82) is 0 Å². The second-order valence-electron chi connectivity index (χ2n) is 4.66. The van der Waals surface area contributed by atoms with E-state index < -0.39 is 0 Å². The Hall–Kier alpha value is -2.21. The topological polar surface area (TPSA) is 71.1 Å². The zero-order chi connectivity index (χ0) is 15.2. The minimum absolute atomic E-state index is 0.118. The van der Waals surface area contributed by atoms with E-state index in [0.29, 0.717) is 12.2 Å². The monoisotopic (exact) mass is 303 g/mol. The lowest BCUT2D eigenvalue weighted by Gasteiger charge is -2.08. The standard InChI is InChI=1S/C15H17N3O2S/c1-10(17-11(2)19)15-18-13(9-21-15)14(20)16-8-12-6-4-3-5-7-12/h3-7,9-10H,8H2,1-2H3,(H,16,20)(H,17,19). The van der Waals surface area contributed by atoms with Gasteiger partial charge in [0.1, 0.15) is 10.7 Å². The van der Waals surface area contributed by atoms with Crippen molar-refractivity contribution in [3.63, 3.8) is 0 Å². The van der Waals surface area contributed by atoms with Gasteiger partial charge in [0.15, 0.2) is 0 Å². The highest BCUT2D eigenvalue weighted by molar-refractivity contribution is 7.09. The van der Waals surface area contributed by atoms with Crippen LogP contribution in [-0.4, -0.2) is 16.8 Å². The van der Waals surface area contributed by atoms with E-state index in [-0.39, 0.29) is 17.9 Å². The summed E-state index contributed by atoms with van der Waals surface area (Å²) in [5, 5.41) is 7.99. The zero-order valence-corrected chi connectivity index (χ0v) is 12.7. The van der Waals surface area contributed by atoms with E-state index in [0.717, 1.165) is 10.6 Å². The van der Waals surface area contributed by atoms with Crippen LogP contribution in [0.1, 0.15) is 40.9 Å². The number of amides is 2. The Kier molecular flexibility index (Phi) is 5.05. The van der Waals surface area contributed by atoms with Crippen LogP contribution in [-0.2, 0) is 11.3 Å². The number of aromatic nitrogens is 1. The molecule has 2 rings (SSSR count). The largest absolute Gasteiger partial charge is 0.347 e. The summed E-state index contributed by atoms with van der Waals surface area (Å²) >= 11 is 1.36. The predicted molar refractivity (Wildman–Crippen MR) is 82.0 cm³/mol. The second-order valence-corrected chi connectivity index (χ2v) is 5.55. The summed E-state index contributed by atoms with van der Waals surface area (Å²) < 4.78 is 0. The molecule has 0 aliphatic heterocycles. The maximum absolute atomic E-state index is 12.0. The van der Waals surface area contributed by atoms with Crippen LogP contribution in [0.2, 0.25) is 0 Å². The van der Waals surface area contributed by atoms with Crippen LogP contribution < -0.4 is 10.6 Å². The summed E-state index contributed by atoms with van der Waals surface area (Å²) in [7, 11) is 0. The third-order valence-electron chi connectivity index (χ3n) is 2.84. The molecule has 1 atom stereocenters. The fourth-order valence-electron chi connectivity index (χ4n) is 1.83. The molecule has 0 aliphatic rings. The van der Waals surface area contributed by atoms with Gasteiger partial charge in [0.25, 0.3) is 5.91 Å². The van der Waals surface area contributed by atoms with E-state index in [4.69, 9.17) is 0 Å². The third-order valence-corrected chi connectivity index (χ3v) is 3.87. The predicted octanol–water partition coefficient (Wildman–Crippen LogP) is 2.27. The van der Waals surface area contributed by atoms with Gasteiger partial charge in [-0.15, -0.1) is 11.3 Å². The molecule has 0 saturated carbocycles. The first-order chi connectivity index (χ1) is 10.1. The van der Waals surface area contributed by atoms with Crippen LogP contribution in [0.4, 0.5) is 0 Å². The highest BCUT2D eigenvalue weighted by Crippen LogP contribution is 2.17. The second kappa shape index (κ2) is 6.99. The molecule has 2 amide bonds. The van der Waals surface area contributed by atoms with Gasteiger partial charge < -0.3 is 10.6 Å². The van der Waals surface area contributed by atoms with E-state index in [1.807, 2.05) is 37.3 Å². The average molecular weight is 303 g/mol. The number of hydrogen-bond acceptors (Lipinski definition) is 4. The van der Waals surface area contributed by atoms with Gasteiger partial charge in [-0.25, -0.2) is 4.98 Å². The van der Waals surface area contributed by atoms with E-state index >= 15 is 0 Å². The smallest absolute Gasteiger partial charge is 0.271 e. The number of thiazole rings is 1. The van der Waals surface area contributed by atoms with Crippen LogP contribution in [0.15, 0.2) is 35.7 Å². The average Bonchev–Trinajstić information content (AvgIpc) is 2.95. The molecule has 0 radical (unpaired) electrons. The fourth-order valence-corrected chi connectivity index (χ4v) is 2.63. The van der Waals surface area contributed by atoms with Gasteiger partial charge in [-0.3, -0.25) is 9.59 Å².